The first-order valence-corrected chi connectivity index (χ1v) is 12.3. The monoisotopic (exact) mass is 426 g/mol. The van der Waals surface area contributed by atoms with Crippen molar-refractivity contribution in [3.63, 3.8) is 0 Å². The van der Waals surface area contributed by atoms with Crippen LogP contribution in [0.5, 0.6) is 0 Å². The number of rotatable bonds is 0. The lowest BCUT2D eigenvalue weighted by atomic mass is 9.37. The molecule has 0 aromatic carbocycles. The fourth-order valence-corrected chi connectivity index (χ4v) is 9.10. The Labute approximate surface area is 186 Å². The molecule has 5 rings (SSSR count). The van der Waals surface area contributed by atoms with Gasteiger partial charge in [0.1, 0.15) is 11.4 Å². The molecule has 0 saturated heterocycles. The van der Waals surface area contributed by atoms with E-state index in [-0.39, 0.29) is 28.1 Å². The van der Waals surface area contributed by atoms with Gasteiger partial charge < -0.3 is 9.84 Å². The number of ketones is 2. The largest absolute Gasteiger partial charge is 0.485 e. The number of allylic oxidation sites excluding steroid dienone is 2. The quantitative estimate of drug-likeness (QED) is 0.430. The Morgan fingerprint density at radius 1 is 1.00 bits per heavy atom. The van der Waals surface area contributed by atoms with E-state index in [2.05, 4.69) is 34.6 Å². The molecule has 4 heteroatoms. The van der Waals surface area contributed by atoms with Crippen LogP contribution in [0.2, 0.25) is 0 Å². The lowest BCUT2D eigenvalue weighted by Gasteiger charge is -2.69. The molecule has 5 aliphatic rings. The van der Waals surface area contributed by atoms with Crippen LogP contribution in [0.4, 0.5) is 0 Å². The number of aliphatic hydroxyl groups excluding tert-OH is 1. The number of carbonyl (C=O) groups is 2. The van der Waals surface area contributed by atoms with Crippen molar-refractivity contribution in [2.45, 2.75) is 98.2 Å². The predicted octanol–water partition coefficient (Wildman–Crippen LogP) is 5.15. The van der Waals surface area contributed by atoms with Crippen molar-refractivity contribution >= 4 is 11.6 Å². The average molecular weight is 427 g/mol. The molecule has 0 amide bonds. The van der Waals surface area contributed by atoms with Gasteiger partial charge in [-0.1, -0.05) is 34.6 Å². The molecule has 0 bridgehead atoms. The molecule has 170 valence electrons. The van der Waals surface area contributed by atoms with Gasteiger partial charge in [0, 0.05) is 17.4 Å². The first-order valence-electron chi connectivity index (χ1n) is 12.3. The normalized spacial score (nSPS) is 48.7. The summed E-state index contributed by atoms with van der Waals surface area (Å²) in [5.74, 6) is 1.22. The van der Waals surface area contributed by atoms with Crippen molar-refractivity contribution < 1.29 is 19.4 Å². The molecular formula is C27H38O4. The van der Waals surface area contributed by atoms with Crippen LogP contribution >= 0.6 is 0 Å². The maximum absolute atomic E-state index is 12.8. The number of hydrogen-bond donors (Lipinski definition) is 1. The number of Topliss-reactive ketones (excluding diaryl/α,β-unsaturated/α-hetero) is 1. The average Bonchev–Trinajstić information content (AvgIpc) is 3.11. The van der Waals surface area contributed by atoms with Gasteiger partial charge in [-0.05, 0) is 85.7 Å². The van der Waals surface area contributed by atoms with E-state index in [0.717, 1.165) is 37.7 Å². The molecule has 4 nitrogen and oxygen atoms in total. The predicted molar refractivity (Wildman–Crippen MR) is 119 cm³/mol. The van der Waals surface area contributed by atoms with Crippen LogP contribution < -0.4 is 0 Å². The van der Waals surface area contributed by atoms with E-state index in [4.69, 9.17) is 4.74 Å². The second-order valence-corrected chi connectivity index (χ2v) is 12.4. The van der Waals surface area contributed by atoms with Crippen LogP contribution in [0.1, 0.15) is 86.5 Å². The third kappa shape index (κ3) is 2.46. The zero-order valence-corrected chi connectivity index (χ0v) is 20.0. The lowest BCUT2D eigenvalue weighted by Crippen LogP contribution is -2.67. The van der Waals surface area contributed by atoms with Crippen molar-refractivity contribution in [3.8, 4) is 0 Å². The molecule has 0 aromatic heterocycles. The van der Waals surface area contributed by atoms with Crippen molar-refractivity contribution in [3.05, 3.63) is 23.0 Å². The summed E-state index contributed by atoms with van der Waals surface area (Å²) >= 11 is 0. The van der Waals surface area contributed by atoms with Gasteiger partial charge in [0.15, 0.2) is 0 Å². The number of carbonyl (C=O) groups excluding carboxylic acids is 2. The summed E-state index contributed by atoms with van der Waals surface area (Å²) in [5.41, 5.74) is 1.00. The Morgan fingerprint density at radius 3 is 2.42 bits per heavy atom. The Hall–Kier alpha value is -1.42. The van der Waals surface area contributed by atoms with Gasteiger partial charge in [-0.2, -0.15) is 0 Å². The summed E-state index contributed by atoms with van der Waals surface area (Å²) in [4.78, 5) is 25.1. The Balaban J connectivity index is 1.58. The minimum atomic E-state index is -0.426. The molecule has 31 heavy (non-hydrogen) atoms. The molecule has 0 radical (unpaired) electrons. The van der Waals surface area contributed by atoms with Crippen LogP contribution in [0, 0.1) is 34.0 Å². The van der Waals surface area contributed by atoms with E-state index < -0.39 is 11.4 Å². The second-order valence-electron chi connectivity index (χ2n) is 12.4. The van der Waals surface area contributed by atoms with Gasteiger partial charge >= 0.3 is 0 Å². The van der Waals surface area contributed by atoms with Gasteiger partial charge in [0.25, 0.3) is 0 Å². The highest BCUT2D eigenvalue weighted by Gasteiger charge is 2.70. The summed E-state index contributed by atoms with van der Waals surface area (Å²) < 4.78 is 6.90. The van der Waals surface area contributed by atoms with E-state index in [1.807, 2.05) is 6.92 Å². The summed E-state index contributed by atoms with van der Waals surface area (Å²) in [6.45, 7) is 13.6. The number of aliphatic hydroxyl groups is 1. The molecule has 0 aromatic rings. The number of ether oxygens (including phenoxy) is 1. The van der Waals surface area contributed by atoms with Crippen LogP contribution in [0.25, 0.3) is 0 Å². The van der Waals surface area contributed by atoms with Gasteiger partial charge in [0.05, 0.1) is 6.10 Å². The van der Waals surface area contributed by atoms with Gasteiger partial charge in [-0.25, -0.2) is 0 Å². The molecular weight excluding hydrogens is 388 g/mol. The fourth-order valence-electron chi connectivity index (χ4n) is 9.10. The third-order valence-electron chi connectivity index (χ3n) is 10.9. The minimum absolute atomic E-state index is 0.0603. The van der Waals surface area contributed by atoms with Crippen LogP contribution in [0.15, 0.2) is 23.0 Å². The molecule has 3 saturated carbocycles. The van der Waals surface area contributed by atoms with Crippen LogP contribution in [-0.4, -0.2) is 28.4 Å². The SMILES string of the molecule is CC1=CC(=O)C(=O)C2=C1O[C@@]1(C2)[C@@H](C)CCC2[C@@]3(C)CC[C@H](O)C(C)(C)C3CC[C@]21C. The highest BCUT2D eigenvalue weighted by Crippen LogP contribution is 2.72. The molecule has 1 N–H and O–H groups in total. The topological polar surface area (TPSA) is 63.6 Å². The third-order valence-corrected chi connectivity index (χ3v) is 10.9. The van der Waals surface area contributed by atoms with Crippen LogP contribution in [0.3, 0.4) is 0 Å². The Bertz CT molecular complexity index is 926. The van der Waals surface area contributed by atoms with Crippen molar-refractivity contribution in [1.82, 2.24) is 0 Å². The Morgan fingerprint density at radius 2 is 1.71 bits per heavy atom. The lowest BCUT2D eigenvalue weighted by molar-refractivity contribution is -0.250. The maximum atomic E-state index is 12.8. The molecule has 1 aliphatic heterocycles. The van der Waals surface area contributed by atoms with E-state index >= 15 is 0 Å². The fraction of sp³-hybridized carbons (Fsp3) is 0.778. The minimum Gasteiger partial charge on any atom is -0.485 e. The molecule has 2 unspecified atom stereocenters. The summed E-state index contributed by atoms with van der Waals surface area (Å²) in [7, 11) is 0. The van der Waals surface area contributed by atoms with Crippen molar-refractivity contribution in [2.24, 2.45) is 34.0 Å². The zero-order valence-electron chi connectivity index (χ0n) is 20.0. The molecule has 3 fully saturated rings. The van der Waals surface area contributed by atoms with Crippen molar-refractivity contribution in [1.29, 1.82) is 0 Å². The first-order chi connectivity index (χ1) is 14.4. The highest BCUT2D eigenvalue weighted by atomic mass is 16.5. The van der Waals surface area contributed by atoms with E-state index in [0.29, 0.717) is 35.5 Å². The standard InChI is InChI=1S/C27H38O4/c1-15-13-18(28)22(30)17-14-27(31-23(15)17)16(2)7-8-20-25(5)11-10-21(29)24(3,4)19(25)9-12-26(20,27)6/h13,16,19-21,29H,7-12,14H2,1-6H3/t16-,19?,20?,21-,25-,26+,27-/m0/s1. The zero-order chi connectivity index (χ0) is 22.6. The van der Waals surface area contributed by atoms with E-state index in [1.54, 1.807) is 0 Å². The summed E-state index contributed by atoms with van der Waals surface area (Å²) in [5, 5.41) is 10.8. The molecule has 1 heterocycles. The van der Waals surface area contributed by atoms with E-state index in [9.17, 15) is 14.7 Å². The number of fused-ring (bicyclic) bond motifs is 4. The molecule has 7 atom stereocenters. The highest BCUT2D eigenvalue weighted by molar-refractivity contribution is 6.48. The van der Waals surface area contributed by atoms with Crippen LogP contribution in [-0.2, 0) is 14.3 Å². The van der Waals surface area contributed by atoms with Gasteiger partial charge in [-0.3, -0.25) is 9.59 Å². The summed E-state index contributed by atoms with van der Waals surface area (Å²) in [6, 6.07) is 0. The van der Waals surface area contributed by atoms with Crippen molar-refractivity contribution in [2.75, 3.05) is 0 Å². The Kier molecular flexibility index (Phi) is 4.38. The smallest absolute Gasteiger partial charge is 0.232 e. The molecule has 1 spiro atoms. The van der Waals surface area contributed by atoms with Gasteiger partial charge in [0.2, 0.25) is 11.6 Å². The maximum Gasteiger partial charge on any atom is 0.232 e. The first kappa shape index (κ1) is 21.4. The van der Waals surface area contributed by atoms with E-state index in [1.165, 1.54) is 12.5 Å². The van der Waals surface area contributed by atoms with Gasteiger partial charge in [-0.15, -0.1) is 0 Å². The molecule has 4 aliphatic carbocycles. The number of hydrogen-bond acceptors (Lipinski definition) is 4. The second kappa shape index (κ2) is 6.34. The summed E-state index contributed by atoms with van der Waals surface area (Å²) in [6.07, 6.45) is 8.08.